The average molecular weight is 544 g/mol. The van der Waals surface area contributed by atoms with Gasteiger partial charge < -0.3 is 5.32 Å². The van der Waals surface area contributed by atoms with Crippen molar-refractivity contribution in [3.63, 3.8) is 0 Å². The lowest BCUT2D eigenvalue weighted by Crippen LogP contribution is -2.30. The number of anilines is 2. The van der Waals surface area contributed by atoms with Gasteiger partial charge in [-0.2, -0.15) is 0 Å². The molecule has 170 valence electrons. The van der Waals surface area contributed by atoms with Crippen LogP contribution in [0.25, 0.3) is 10.1 Å². The number of rotatable bonds is 6. The van der Waals surface area contributed by atoms with E-state index in [4.69, 9.17) is 0 Å². The highest BCUT2D eigenvalue weighted by molar-refractivity contribution is 9.10. The van der Waals surface area contributed by atoms with Gasteiger partial charge in [0.25, 0.3) is 15.9 Å². The fraction of sp³-hybridized carbons (Fsp3) is 0.160. The Morgan fingerprint density at radius 1 is 1.03 bits per heavy atom. The highest BCUT2D eigenvalue weighted by Crippen LogP contribution is 2.32. The molecular weight excluding hydrogens is 520 g/mol. The van der Waals surface area contributed by atoms with Gasteiger partial charge in [-0.15, -0.1) is 11.3 Å². The number of carbonyl (C=O) groups excluding carboxylic acids is 1. The molecule has 0 atom stereocenters. The molecule has 0 aliphatic rings. The van der Waals surface area contributed by atoms with E-state index in [-0.39, 0.29) is 17.3 Å². The summed E-state index contributed by atoms with van der Waals surface area (Å²) < 4.78 is 29.6. The number of fused-ring (bicyclic) bond motifs is 1. The highest BCUT2D eigenvalue weighted by atomic mass is 79.9. The molecule has 0 aliphatic carbocycles. The lowest BCUT2D eigenvalue weighted by atomic mass is 10.1. The van der Waals surface area contributed by atoms with Crippen LogP contribution in [0.2, 0.25) is 0 Å². The lowest BCUT2D eigenvalue weighted by Gasteiger charge is -2.23. The number of halogens is 1. The van der Waals surface area contributed by atoms with Crippen molar-refractivity contribution in [3.05, 3.63) is 87.2 Å². The van der Waals surface area contributed by atoms with E-state index in [2.05, 4.69) is 21.2 Å². The molecule has 0 saturated heterocycles. The third-order valence-corrected chi connectivity index (χ3v) is 9.11. The molecule has 8 heteroatoms. The van der Waals surface area contributed by atoms with E-state index >= 15 is 0 Å². The molecular formula is C25H23BrN2O3S2. The van der Waals surface area contributed by atoms with Crippen LogP contribution >= 0.6 is 27.3 Å². The first-order chi connectivity index (χ1) is 15.7. The molecule has 0 bridgehead atoms. The smallest absolute Gasteiger partial charge is 0.265 e. The van der Waals surface area contributed by atoms with E-state index in [1.807, 2.05) is 50.2 Å². The SMILES string of the molecule is CCN(c1ccc2sc(C(=O)Nc3cccc(C)c3C)cc2c1)S(=O)(=O)c1ccc(Br)cc1. The molecule has 0 saturated carbocycles. The quantitative estimate of drug-likeness (QED) is 0.293. The monoisotopic (exact) mass is 542 g/mol. The summed E-state index contributed by atoms with van der Waals surface area (Å²) in [5.74, 6) is -0.179. The van der Waals surface area contributed by atoms with Crippen molar-refractivity contribution in [2.24, 2.45) is 0 Å². The maximum Gasteiger partial charge on any atom is 0.265 e. The minimum absolute atomic E-state index is 0.179. The van der Waals surface area contributed by atoms with Gasteiger partial charge in [0, 0.05) is 21.4 Å². The Balaban J connectivity index is 1.65. The zero-order valence-corrected chi connectivity index (χ0v) is 21.6. The first-order valence-corrected chi connectivity index (χ1v) is 13.4. The minimum Gasteiger partial charge on any atom is -0.321 e. The van der Waals surface area contributed by atoms with E-state index in [1.165, 1.54) is 15.6 Å². The third-order valence-electron chi connectivity index (χ3n) is 5.55. The molecule has 0 radical (unpaired) electrons. The van der Waals surface area contributed by atoms with Crippen molar-refractivity contribution >= 4 is 64.7 Å². The summed E-state index contributed by atoms with van der Waals surface area (Å²) in [6.07, 6.45) is 0. The van der Waals surface area contributed by atoms with Crippen LogP contribution < -0.4 is 9.62 Å². The summed E-state index contributed by atoms with van der Waals surface area (Å²) in [7, 11) is -3.71. The number of benzene rings is 3. The number of sulfonamides is 1. The molecule has 0 fully saturated rings. The molecule has 33 heavy (non-hydrogen) atoms. The van der Waals surface area contributed by atoms with Gasteiger partial charge in [0.2, 0.25) is 0 Å². The normalized spacial score (nSPS) is 11.5. The lowest BCUT2D eigenvalue weighted by molar-refractivity contribution is 0.103. The van der Waals surface area contributed by atoms with Crippen molar-refractivity contribution in [3.8, 4) is 0 Å². The van der Waals surface area contributed by atoms with Crippen LogP contribution in [0.15, 0.2) is 76.1 Å². The van der Waals surface area contributed by atoms with Crippen molar-refractivity contribution < 1.29 is 13.2 Å². The Morgan fingerprint density at radius 3 is 2.45 bits per heavy atom. The van der Waals surface area contributed by atoms with E-state index in [9.17, 15) is 13.2 Å². The Kier molecular flexibility index (Phi) is 6.61. The summed E-state index contributed by atoms with van der Waals surface area (Å²) in [6.45, 7) is 6.08. The number of hydrogen-bond donors (Lipinski definition) is 1. The van der Waals surface area contributed by atoms with Crippen molar-refractivity contribution in [1.82, 2.24) is 0 Å². The molecule has 4 rings (SSSR count). The van der Waals surface area contributed by atoms with Crippen molar-refractivity contribution in [2.75, 3.05) is 16.2 Å². The topological polar surface area (TPSA) is 66.5 Å². The van der Waals surface area contributed by atoms with Gasteiger partial charge >= 0.3 is 0 Å². The summed E-state index contributed by atoms with van der Waals surface area (Å²) in [5.41, 5.74) is 3.49. The van der Waals surface area contributed by atoms with Crippen LogP contribution in [0.5, 0.6) is 0 Å². The summed E-state index contributed by atoms with van der Waals surface area (Å²) >= 11 is 4.72. The number of thiophene rings is 1. The van der Waals surface area contributed by atoms with Crippen LogP contribution in [0, 0.1) is 13.8 Å². The van der Waals surface area contributed by atoms with Gasteiger partial charge in [0.05, 0.1) is 15.5 Å². The highest BCUT2D eigenvalue weighted by Gasteiger charge is 2.24. The molecule has 4 aromatic rings. The number of nitrogens with zero attached hydrogens (tertiary/aromatic N) is 1. The average Bonchev–Trinajstić information content (AvgIpc) is 3.21. The van der Waals surface area contributed by atoms with Crippen LogP contribution in [0.3, 0.4) is 0 Å². The summed E-state index contributed by atoms with van der Waals surface area (Å²) in [4.78, 5) is 13.7. The zero-order chi connectivity index (χ0) is 23.8. The first kappa shape index (κ1) is 23.5. The number of nitrogens with one attached hydrogen (secondary N) is 1. The fourth-order valence-electron chi connectivity index (χ4n) is 3.59. The Hall–Kier alpha value is -2.68. The molecule has 1 aromatic heterocycles. The van der Waals surface area contributed by atoms with Gasteiger partial charge in [0.15, 0.2) is 0 Å². The fourth-order valence-corrected chi connectivity index (χ4v) is 6.26. The van der Waals surface area contributed by atoms with Crippen LogP contribution in [-0.2, 0) is 10.0 Å². The van der Waals surface area contributed by atoms with Crippen LogP contribution in [0.4, 0.5) is 11.4 Å². The van der Waals surface area contributed by atoms with E-state index in [0.717, 1.165) is 31.4 Å². The van der Waals surface area contributed by atoms with E-state index < -0.39 is 10.0 Å². The largest absolute Gasteiger partial charge is 0.321 e. The second-order valence-electron chi connectivity index (χ2n) is 7.66. The predicted octanol–water partition coefficient (Wildman–Crippen LogP) is 6.75. The molecule has 5 nitrogen and oxygen atoms in total. The molecule has 0 unspecified atom stereocenters. The zero-order valence-electron chi connectivity index (χ0n) is 18.4. The van der Waals surface area contributed by atoms with Gasteiger partial charge in [-0.1, -0.05) is 28.1 Å². The number of amides is 1. The number of carbonyl (C=O) groups is 1. The Morgan fingerprint density at radius 2 is 1.76 bits per heavy atom. The van der Waals surface area contributed by atoms with E-state index in [0.29, 0.717) is 10.6 Å². The third kappa shape index (κ3) is 4.69. The molecule has 1 amide bonds. The molecule has 1 N–H and O–H groups in total. The second-order valence-corrected chi connectivity index (χ2v) is 11.5. The number of hydrogen-bond acceptors (Lipinski definition) is 4. The minimum atomic E-state index is -3.71. The maximum atomic E-state index is 13.2. The van der Waals surface area contributed by atoms with Crippen LogP contribution in [0.1, 0.15) is 27.7 Å². The van der Waals surface area contributed by atoms with Gasteiger partial charge in [-0.25, -0.2) is 8.42 Å². The Labute approximate surface area is 206 Å². The first-order valence-electron chi connectivity index (χ1n) is 10.4. The van der Waals surface area contributed by atoms with Crippen molar-refractivity contribution in [2.45, 2.75) is 25.7 Å². The van der Waals surface area contributed by atoms with Gasteiger partial charge in [-0.05, 0) is 91.9 Å². The van der Waals surface area contributed by atoms with Gasteiger partial charge in [-0.3, -0.25) is 9.10 Å². The second kappa shape index (κ2) is 9.29. The molecule has 3 aromatic carbocycles. The predicted molar refractivity (Wildman–Crippen MR) is 140 cm³/mol. The molecule has 0 aliphatic heterocycles. The summed E-state index contributed by atoms with van der Waals surface area (Å²) in [5, 5.41) is 3.82. The number of aryl methyl sites for hydroxylation is 1. The maximum absolute atomic E-state index is 13.2. The van der Waals surface area contributed by atoms with Crippen LogP contribution in [-0.4, -0.2) is 20.9 Å². The molecule has 0 spiro atoms. The van der Waals surface area contributed by atoms with E-state index in [1.54, 1.807) is 37.3 Å². The van der Waals surface area contributed by atoms with Gasteiger partial charge in [0.1, 0.15) is 0 Å². The summed E-state index contributed by atoms with van der Waals surface area (Å²) in [6, 6.07) is 19.7. The standard InChI is InChI=1S/C25H23BrN2O3S2/c1-4-28(33(30,31)21-11-8-19(26)9-12-21)20-10-13-23-18(14-20)15-24(32-23)25(29)27-22-7-5-6-16(2)17(22)3/h5-15H,4H2,1-3H3,(H,27,29). The molecule has 1 heterocycles. The van der Waals surface area contributed by atoms with Crippen molar-refractivity contribution in [1.29, 1.82) is 0 Å². The Bertz CT molecular complexity index is 1440.